The Kier molecular flexibility index (Phi) is 4.88. The van der Waals surface area contributed by atoms with Crippen molar-refractivity contribution in [1.82, 2.24) is 4.98 Å². The molecule has 0 amide bonds. The Morgan fingerprint density at radius 3 is 2.76 bits per heavy atom. The number of pyridine rings is 1. The van der Waals surface area contributed by atoms with Crippen molar-refractivity contribution < 1.29 is 17.9 Å². The van der Waals surface area contributed by atoms with Crippen LogP contribution in [0.2, 0.25) is 0 Å². The highest BCUT2D eigenvalue weighted by Crippen LogP contribution is 2.33. The summed E-state index contributed by atoms with van der Waals surface area (Å²) in [5, 5.41) is -0.756. The molecule has 1 aliphatic carbocycles. The summed E-state index contributed by atoms with van der Waals surface area (Å²) in [7, 11) is -2.38. The van der Waals surface area contributed by atoms with Crippen molar-refractivity contribution in [2.24, 2.45) is 5.92 Å². The standard InChI is InChI=1S/C13H17BrN2O4S/c1-8-10(6-7-12(14)15-8)16-21(18,19)11-5-3-4-9(11)13(17)20-2/h6-7,9,11,16H,3-5H2,1-2H3. The number of methoxy groups -OCH3 is 1. The van der Waals surface area contributed by atoms with E-state index in [0.717, 1.165) is 0 Å². The molecular formula is C13H17BrN2O4S. The fourth-order valence-corrected chi connectivity index (χ4v) is 4.81. The maximum absolute atomic E-state index is 12.5. The number of ether oxygens (including phenoxy) is 1. The van der Waals surface area contributed by atoms with Crippen molar-refractivity contribution in [3.63, 3.8) is 0 Å². The number of hydrogen-bond acceptors (Lipinski definition) is 5. The van der Waals surface area contributed by atoms with Gasteiger partial charge in [0.25, 0.3) is 0 Å². The van der Waals surface area contributed by atoms with Gasteiger partial charge in [0, 0.05) is 0 Å². The van der Waals surface area contributed by atoms with Gasteiger partial charge in [-0.3, -0.25) is 9.52 Å². The summed E-state index contributed by atoms with van der Waals surface area (Å²) in [4.78, 5) is 15.9. The number of aromatic nitrogens is 1. The van der Waals surface area contributed by atoms with Crippen molar-refractivity contribution in [2.45, 2.75) is 31.4 Å². The number of rotatable bonds is 4. The van der Waals surface area contributed by atoms with Crippen LogP contribution >= 0.6 is 15.9 Å². The zero-order chi connectivity index (χ0) is 15.6. The molecule has 2 unspecified atom stereocenters. The van der Waals surface area contributed by atoms with Gasteiger partial charge in [0.2, 0.25) is 10.0 Å². The van der Waals surface area contributed by atoms with Crippen molar-refractivity contribution in [3.8, 4) is 0 Å². The molecule has 0 spiro atoms. The molecule has 0 aliphatic heterocycles. The summed E-state index contributed by atoms with van der Waals surface area (Å²) in [6, 6.07) is 3.31. The van der Waals surface area contributed by atoms with Gasteiger partial charge >= 0.3 is 5.97 Å². The molecule has 0 saturated heterocycles. The van der Waals surface area contributed by atoms with Crippen LogP contribution in [0.3, 0.4) is 0 Å². The van der Waals surface area contributed by atoms with Gasteiger partial charge in [-0.15, -0.1) is 0 Å². The van der Waals surface area contributed by atoms with E-state index in [9.17, 15) is 13.2 Å². The lowest BCUT2D eigenvalue weighted by Crippen LogP contribution is -2.35. The molecule has 116 valence electrons. The minimum Gasteiger partial charge on any atom is -0.469 e. The van der Waals surface area contributed by atoms with Crippen LogP contribution in [-0.4, -0.2) is 31.7 Å². The fourth-order valence-electron chi connectivity index (χ4n) is 2.59. The lowest BCUT2D eigenvalue weighted by molar-refractivity contribution is -0.145. The van der Waals surface area contributed by atoms with Crippen molar-refractivity contribution in [3.05, 3.63) is 22.4 Å². The minimum atomic E-state index is -3.66. The van der Waals surface area contributed by atoms with Crippen LogP contribution < -0.4 is 4.72 Å². The van der Waals surface area contributed by atoms with E-state index in [4.69, 9.17) is 4.74 Å². The summed E-state index contributed by atoms with van der Waals surface area (Å²) in [6.45, 7) is 1.72. The van der Waals surface area contributed by atoms with E-state index >= 15 is 0 Å². The predicted octanol–water partition coefficient (Wildman–Crippen LogP) is 2.24. The first kappa shape index (κ1) is 16.2. The Morgan fingerprint density at radius 2 is 2.14 bits per heavy atom. The van der Waals surface area contributed by atoms with E-state index in [2.05, 4.69) is 25.6 Å². The van der Waals surface area contributed by atoms with Crippen LogP contribution in [-0.2, 0) is 19.6 Å². The summed E-state index contributed by atoms with van der Waals surface area (Å²) < 4.78 is 32.9. The van der Waals surface area contributed by atoms with Crippen LogP contribution in [0.1, 0.15) is 25.0 Å². The zero-order valence-electron chi connectivity index (χ0n) is 11.8. The van der Waals surface area contributed by atoms with Gasteiger partial charge in [0.15, 0.2) is 0 Å². The molecule has 2 rings (SSSR count). The maximum atomic E-state index is 12.5. The summed E-state index contributed by atoms with van der Waals surface area (Å²) in [6.07, 6.45) is 1.69. The number of nitrogens with zero attached hydrogens (tertiary/aromatic N) is 1. The quantitative estimate of drug-likeness (QED) is 0.643. The van der Waals surface area contributed by atoms with E-state index in [0.29, 0.717) is 35.2 Å². The molecule has 21 heavy (non-hydrogen) atoms. The number of aryl methyl sites for hydroxylation is 1. The third-order valence-corrected chi connectivity index (χ3v) is 5.97. The van der Waals surface area contributed by atoms with Crippen molar-refractivity contribution >= 4 is 37.6 Å². The Hall–Kier alpha value is -1.15. The lowest BCUT2D eigenvalue weighted by atomic mass is 10.1. The molecule has 8 heteroatoms. The van der Waals surface area contributed by atoms with E-state index in [-0.39, 0.29) is 0 Å². The predicted molar refractivity (Wildman–Crippen MR) is 82.4 cm³/mol. The molecule has 0 radical (unpaired) electrons. The topological polar surface area (TPSA) is 85.4 Å². The Labute approximate surface area is 132 Å². The largest absolute Gasteiger partial charge is 0.469 e. The SMILES string of the molecule is COC(=O)C1CCCC1S(=O)(=O)Nc1ccc(Br)nc1C. The number of anilines is 1. The minimum absolute atomic E-state index is 0.425. The molecule has 2 atom stereocenters. The highest BCUT2D eigenvalue weighted by molar-refractivity contribution is 9.10. The second-order valence-electron chi connectivity index (χ2n) is 5.01. The van der Waals surface area contributed by atoms with E-state index in [1.54, 1.807) is 19.1 Å². The lowest BCUT2D eigenvalue weighted by Gasteiger charge is -2.19. The Balaban J connectivity index is 2.23. The number of carbonyl (C=O) groups excluding carboxylic acids is 1. The Morgan fingerprint density at radius 1 is 1.43 bits per heavy atom. The molecule has 0 bridgehead atoms. The third kappa shape index (κ3) is 3.55. The van der Waals surface area contributed by atoms with E-state index in [1.807, 2.05) is 0 Å². The van der Waals surface area contributed by atoms with Crippen LogP contribution in [0, 0.1) is 12.8 Å². The van der Waals surface area contributed by atoms with Gasteiger partial charge in [-0.2, -0.15) is 0 Å². The third-order valence-electron chi connectivity index (χ3n) is 3.66. The number of esters is 1. The van der Waals surface area contributed by atoms with Gasteiger partial charge in [-0.05, 0) is 47.8 Å². The van der Waals surface area contributed by atoms with Gasteiger partial charge < -0.3 is 4.74 Å². The smallest absolute Gasteiger partial charge is 0.310 e. The highest BCUT2D eigenvalue weighted by Gasteiger charge is 2.42. The van der Waals surface area contributed by atoms with Crippen molar-refractivity contribution in [1.29, 1.82) is 0 Å². The first-order valence-electron chi connectivity index (χ1n) is 6.58. The van der Waals surface area contributed by atoms with E-state index in [1.165, 1.54) is 7.11 Å². The average molecular weight is 377 g/mol. The molecule has 1 aromatic heterocycles. The second-order valence-corrected chi connectivity index (χ2v) is 7.73. The number of nitrogens with one attached hydrogen (secondary N) is 1. The van der Waals surface area contributed by atoms with Crippen LogP contribution in [0.5, 0.6) is 0 Å². The molecular weight excluding hydrogens is 360 g/mol. The maximum Gasteiger partial charge on any atom is 0.310 e. The van der Waals surface area contributed by atoms with E-state index < -0.39 is 27.2 Å². The zero-order valence-corrected chi connectivity index (χ0v) is 14.2. The molecule has 1 aromatic rings. The highest BCUT2D eigenvalue weighted by atomic mass is 79.9. The molecule has 1 aliphatic rings. The number of halogens is 1. The molecule has 1 N–H and O–H groups in total. The van der Waals surface area contributed by atoms with Crippen LogP contribution in [0.15, 0.2) is 16.7 Å². The number of hydrogen-bond donors (Lipinski definition) is 1. The molecule has 1 saturated carbocycles. The van der Waals surface area contributed by atoms with Gasteiger partial charge in [-0.25, -0.2) is 13.4 Å². The first-order valence-corrected chi connectivity index (χ1v) is 8.91. The van der Waals surface area contributed by atoms with Crippen LogP contribution in [0.4, 0.5) is 5.69 Å². The molecule has 0 aromatic carbocycles. The average Bonchev–Trinajstić information content (AvgIpc) is 2.91. The fraction of sp³-hybridized carbons (Fsp3) is 0.538. The summed E-state index contributed by atoms with van der Waals surface area (Å²) in [5.74, 6) is -1.07. The molecule has 1 heterocycles. The Bertz CT molecular complexity index is 648. The first-order chi connectivity index (χ1) is 9.85. The van der Waals surface area contributed by atoms with Gasteiger partial charge in [0.05, 0.1) is 29.7 Å². The second kappa shape index (κ2) is 6.31. The van der Waals surface area contributed by atoms with Crippen LogP contribution in [0.25, 0.3) is 0 Å². The summed E-state index contributed by atoms with van der Waals surface area (Å²) in [5.41, 5.74) is 0.995. The monoisotopic (exact) mass is 376 g/mol. The number of carbonyl (C=O) groups is 1. The number of sulfonamides is 1. The van der Waals surface area contributed by atoms with Gasteiger partial charge in [-0.1, -0.05) is 6.42 Å². The summed E-state index contributed by atoms with van der Waals surface area (Å²) >= 11 is 3.23. The molecule has 6 nitrogen and oxygen atoms in total. The van der Waals surface area contributed by atoms with Gasteiger partial charge in [0.1, 0.15) is 4.60 Å². The molecule has 1 fully saturated rings. The van der Waals surface area contributed by atoms with Crippen molar-refractivity contribution in [2.75, 3.05) is 11.8 Å². The normalized spacial score (nSPS) is 22.0.